The van der Waals surface area contributed by atoms with Crippen molar-refractivity contribution < 1.29 is 4.79 Å². The van der Waals surface area contributed by atoms with Crippen molar-refractivity contribution >= 4 is 43.8 Å². The van der Waals surface area contributed by atoms with Crippen molar-refractivity contribution in [1.82, 2.24) is 30.0 Å². The van der Waals surface area contributed by atoms with Gasteiger partial charge in [0.1, 0.15) is 5.54 Å². The highest BCUT2D eigenvalue weighted by Crippen LogP contribution is 2.44. The van der Waals surface area contributed by atoms with Gasteiger partial charge in [0.25, 0.3) is 5.91 Å². The predicted octanol–water partition coefficient (Wildman–Crippen LogP) is 9.07. The number of carbonyl (C=O) groups is 1. The summed E-state index contributed by atoms with van der Waals surface area (Å²) in [7, 11) is 0. The first-order valence-corrected chi connectivity index (χ1v) is 16.9. The van der Waals surface area contributed by atoms with Gasteiger partial charge < -0.3 is 5.32 Å². The molecule has 8 aromatic rings. The molecule has 0 spiro atoms. The number of fused-ring (bicyclic) bond motifs is 2. The van der Waals surface area contributed by atoms with Crippen LogP contribution in [0.5, 0.6) is 0 Å². The van der Waals surface area contributed by atoms with Crippen molar-refractivity contribution in [2.24, 2.45) is 0 Å². The number of pyridine rings is 1. The van der Waals surface area contributed by atoms with Crippen molar-refractivity contribution in [3.63, 3.8) is 0 Å². The molecule has 5 aromatic carbocycles. The van der Waals surface area contributed by atoms with Crippen LogP contribution in [0.3, 0.4) is 0 Å². The molecule has 1 amide bonds. The van der Waals surface area contributed by atoms with Crippen molar-refractivity contribution in [1.29, 1.82) is 0 Å². The minimum atomic E-state index is -0.805. The number of rotatable bonds is 8. The van der Waals surface area contributed by atoms with E-state index in [0.29, 0.717) is 11.0 Å². The Bertz CT molecular complexity index is 2310. The number of nitrogens with zero attached hydrogens (tertiary/aromatic N) is 4. The molecule has 0 fully saturated rings. The van der Waals surface area contributed by atoms with E-state index in [0.717, 1.165) is 48.9 Å². The van der Waals surface area contributed by atoms with E-state index in [1.165, 1.54) is 0 Å². The van der Waals surface area contributed by atoms with Gasteiger partial charge in [-0.25, -0.2) is 9.97 Å². The molecular weight excluding hydrogens is 672 g/mol. The first kappa shape index (κ1) is 30.5. The number of hydrogen-bond donors (Lipinski definition) is 2. The molecule has 7 nitrogen and oxygen atoms in total. The molecule has 1 atom stereocenters. The Morgan fingerprint density at radius 1 is 0.735 bits per heavy atom. The van der Waals surface area contributed by atoms with E-state index in [1.807, 2.05) is 73.7 Å². The zero-order chi connectivity index (χ0) is 33.4. The zero-order valence-electron chi connectivity index (χ0n) is 26.6. The molecule has 3 heterocycles. The molecule has 49 heavy (non-hydrogen) atoms. The van der Waals surface area contributed by atoms with Crippen LogP contribution >= 0.6 is 15.9 Å². The lowest BCUT2D eigenvalue weighted by Gasteiger charge is -2.37. The second-order valence-corrected chi connectivity index (χ2v) is 12.9. The number of aromatic amines is 1. The summed E-state index contributed by atoms with van der Waals surface area (Å²) in [6.07, 6.45) is 3.59. The van der Waals surface area contributed by atoms with Crippen LogP contribution in [-0.4, -0.2) is 30.6 Å². The van der Waals surface area contributed by atoms with Crippen LogP contribution in [0.25, 0.3) is 33.2 Å². The summed E-state index contributed by atoms with van der Waals surface area (Å²) in [4.78, 5) is 27.3. The SMILES string of the molecule is C[C@@H](NC(=O)c1nc2cc3c(-c4ccncc4)[nH]n(C(c4ccccc4)(c4ccccc4)c4ccccc4)c3cc2n1)c1cccc(Br)c1. The smallest absolute Gasteiger partial charge is 0.289 e. The lowest BCUT2D eigenvalue weighted by molar-refractivity contribution is 0.0930. The van der Waals surface area contributed by atoms with Gasteiger partial charge in [-0.2, -0.15) is 0 Å². The molecule has 2 N–H and O–H groups in total. The van der Waals surface area contributed by atoms with Gasteiger partial charge in [0, 0.05) is 27.8 Å². The maximum atomic E-state index is 13.5. The van der Waals surface area contributed by atoms with Crippen LogP contribution in [0.1, 0.15) is 45.8 Å². The average Bonchev–Trinajstić information content (AvgIpc) is 3.74. The maximum Gasteiger partial charge on any atom is 0.289 e. The number of imidazole rings is 1. The van der Waals surface area contributed by atoms with Crippen LogP contribution < -0.4 is 5.32 Å². The van der Waals surface area contributed by atoms with E-state index >= 15 is 0 Å². The van der Waals surface area contributed by atoms with Crippen molar-refractivity contribution in [3.8, 4) is 11.3 Å². The number of carbonyl (C=O) groups excluding carboxylic acids is 1. The normalized spacial score (nSPS) is 12.3. The molecule has 0 aliphatic heterocycles. The Hall–Kier alpha value is -5.86. The second kappa shape index (κ2) is 12.6. The Morgan fingerprint density at radius 3 is 1.88 bits per heavy atom. The summed E-state index contributed by atoms with van der Waals surface area (Å²) < 4.78 is 3.19. The molecule has 8 rings (SSSR count). The highest BCUT2D eigenvalue weighted by atomic mass is 79.9. The second-order valence-electron chi connectivity index (χ2n) is 12.0. The summed E-state index contributed by atoms with van der Waals surface area (Å²) in [5, 5.41) is 7.86. The fourth-order valence-corrected chi connectivity index (χ4v) is 7.18. The van der Waals surface area contributed by atoms with Gasteiger partial charge in [-0.3, -0.25) is 19.6 Å². The Labute approximate surface area is 291 Å². The summed E-state index contributed by atoms with van der Waals surface area (Å²) in [5.41, 5.74) is 7.47. The van der Waals surface area contributed by atoms with Crippen LogP contribution in [0.2, 0.25) is 0 Å². The van der Waals surface area contributed by atoms with Crippen molar-refractivity contribution in [3.05, 3.63) is 184 Å². The topological polar surface area (TPSA) is 88.5 Å². The average molecular weight is 704 g/mol. The number of benzene rings is 5. The van der Waals surface area contributed by atoms with Gasteiger partial charge in [-0.05, 0) is 65.6 Å². The molecule has 0 radical (unpaired) electrons. The standard InChI is InChI=1S/C41H31BrN6O/c1-27(29-12-11-19-33(42)24-29)44-40(49)39-45-35-25-34-37(26-36(35)46-39)48(47-38(34)28-20-22-43-23-21-28)41(30-13-5-2-6-14-30,31-15-7-3-8-16-31)32-17-9-4-10-18-32/h2-27,47H,1H3,(H,44,49)/t27-/m1/s1. The Morgan fingerprint density at radius 2 is 1.31 bits per heavy atom. The van der Waals surface area contributed by atoms with Crippen LogP contribution in [0.15, 0.2) is 156 Å². The van der Waals surface area contributed by atoms with Crippen LogP contribution in [0.4, 0.5) is 0 Å². The molecule has 0 saturated heterocycles. The first-order chi connectivity index (χ1) is 24.0. The number of nitrogens with one attached hydrogen (secondary N) is 2. The van der Waals surface area contributed by atoms with E-state index in [2.05, 4.69) is 109 Å². The summed E-state index contributed by atoms with van der Waals surface area (Å²) in [6.45, 7) is 1.95. The number of H-pyrrole nitrogens is 1. The monoisotopic (exact) mass is 702 g/mol. The predicted molar refractivity (Wildman–Crippen MR) is 197 cm³/mol. The van der Waals surface area contributed by atoms with Gasteiger partial charge in [-0.15, -0.1) is 0 Å². The van der Waals surface area contributed by atoms with Crippen LogP contribution in [-0.2, 0) is 5.54 Å². The van der Waals surface area contributed by atoms with Crippen molar-refractivity contribution in [2.75, 3.05) is 0 Å². The largest absolute Gasteiger partial charge is 0.343 e. The van der Waals surface area contributed by atoms with E-state index in [-0.39, 0.29) is 17.8 Å². The summed E-state index contributed by atoms with van der Waals surface area (Å²) >= 11 is 3.52. The van der Waals surface area contributed by atoms with Gasteiger partial charge >= 0.3 is 0 Å². The molecule has 8 heteroatoms. The van der Waals surface area contributed by atoms with E-state index in [1.54, 1.807) is 12.4 Å². The quantitative estimate of drug-likeness (QED) is 0.155. The van der Waals surface area contributed by atoms with Gasteiger partial charge in [0.2, 0.25) is 5.82 Å². The number of amides is 1. The minimum Gasteiger partial charge on any atom is -0.343 e. The molecule has 0 saturated carbocycles. The van der Waals surface area contributed by atoms with Crippen LogP contribution in [0, 0.1) is 0 Å². The number of aromatic nitrogens is 5. The molecule has 0 aliphatic carbocycles. The highest BCUT2D eigenvalue weighted by molar-refractivity contribution is 9.10. The van der Waals surface area contributed by atoms with Gasteiger partial charge in [-0.1, -0.05) is 119 Å². The summed E-state index contributed by atoms with van der Waals surface area (Å²) in [6, 6.07) is 47.3. The Kier molecular flexibility index (Phi) is 7.86. The minimum absolute atomic E-state index is 0.130. The molecule has 238 valence electrons. The third-order valence-corrected chi connectivity index (χ3v) is 9.55. The number of hydrogen-bond acceptors (Lipinski definition) is 4. The fourth-order valence-electron chi connectivity index (χ4n) is 6.77. The third kappa shape index (κ3) is 5.40. The zero-order valence-corrected chi connectivity index (χ0v) is 28.2. The molecular formula is C41H31BrN6O. The van der Waals surface area contributed by atoms with E-state index < -0.39 is 5.54 Å². The van der Waals surface area contributed by atoms with Gasteiger partial charge in [0.15, 0.2) is 0 Å². The highest BCUT2D eigenvalue weighted by Gasteiger charge is 2.40. The van der Waals surface area contributed by atoms with Crippen molar-refractivity contribution in [2.45, 2.75) is 18.5 Å². The first-order valence-electron chi connectivity index (χ1n) is 16.1. The molecule has 0 unspecified atom stereocenters. The Balaban J connectivity index is 1.37. The van der Waals surface area contributed by atoms with Gasteiger partial charge in [0.05, 0.1) is 28.3 Å². The van der Waals surface area contributed by atoms with E-state index in [9.17, 15) is 4.79 Å². The number of halogens is 1. The summed E-state index contributed by atoms with van der Waals surface area (Å²) in [5.74, 6) is -0.199. The third-order valence-electron chi connectivity index (χ3n) is 9.06. The fraction of sp³-hybridized carbons (Fsp3) is 0.0732. The molecule has 3 aromatic heterocycles. The molecule has 0 aliphatic rings. The molecule has 0 bridgehead atoms. The lowest BCUT2D eigenvalue weighted by Crippen LogP contribution is -2.38. The maximum absolute atomic E-state index is 13.5. The lowest BCUT2D eigenvalue weighted by atomic mass is 9.77. The van der Waals surface area contributed by atoms with E-state index in [4.69, 9.17) is 9.97 Å².